The third kappa shape index (κ3) is 3.58. The van der Waals surface area contributed by atoms with Crippen molar-refractivity contribution < 1.29 is 19.2 Å². The Morgan fingerprint density at radius 3 is 2.75 bits per heavy atom. The number of halogens is 1. The zero-order valence-corrected chi connectivity index (χ0v) is 11.7. The maximum atomic E-state index is 11.7. The Hall–Kier alpha value is -2.35. The minimum atomic E-state index is -1.04. The van der Waals surface area contributed by atoms with E-state index in [1.165, 1.54) is 24.4 Å². The summed E-state index contributed by atoms with van der Waals surface area (Å²) in [5, 5.41) is 17.5. The molecule has 104 valence electrons. The predicted molar refractivity (Wildman–Crippen MR) is 73.5 cm³/mol. The van der Waals surface area contributed by atoms with Gasteiger partial charge in [-0.15, -0.1) is 0 Å². The molecule has 7 nitrogen and oxygen atoms in total. The smallest absolute Gasteiger partial charge is 0.335 e. The lowest BCUT2D eigenvalue weighted by Gasteiger charge is -2.08. The average molecular weight is 340 g/mol. The van der Waals surface area contributed by atoms with Crippen LogP contribution in [0, 0.1) is 0 Å². The van der Waals surface area contributed by atoms with E-state index < -0.39 is 12.0 Å². The van der Waals surface area contributed by atoms with Crippen LogP contribution < -0.4 is 10.6 Å². The first kappa shape index (κ1) is 14.1. The van der Waals surface area contributed by atoms with Gasteiger partial charge in [-0.3, -0.25) is 0 Å². The number of carboxylic acid groups (broad SMARTS) is 1. The van der Waals surface area contributed by atoms with Crippen LogP contribution in [-0.4, -0.2) is 22.3 Å². The molecule has 0 bridgehead atoms. The molecule has 0 radical (unpaired) electrons. The lowest BCUT2D eigenvalue weighted by Crippen LogP contribution is -2.28. The zero-order valence-electron chi connectivity index (χ0n) is 10.1. The van der Waals surface area contributed by atoms with Gasteiger partial charge in [0.25, 0.3) is 0 Å². The van der Waals surface area contributed by atoms with Gasteiger partial charge in [0.2, 0.25) is 0 Å². The van der Waals surface area contributed by atoms with Crippen LogP contribution >= 0.6 is 15.9 Å². The summed E-state index contributed by atoms with van der Waals surface area (Å²) >= 11 is 3.20. The zero-order chi connectivity index (χ0) is 14.5. The van der Waals surface area contributed by atoms with E-state index >= 15 is 0 Å². The second-order valence-corrected chi connectivity index (χ2v) is 4.64. The van der Waals surface area contributed by atoms with Crippen molar-refractivity contribution >= 4 is 33.6 Å². The summed E-state index contributed by atoms with van der Waals surface area (Å²) in [5.74, 6) is -0.507. The Balaban J connectivity index is 1.95. The third-order valence-electron chi connectivity index (χ3n) is 2.38. The fourth-order valence-corrected chi connectivity index (χ4v) is 1.89. The lowest BCUT2D eigenvalue weighted by molar-refractivity contribution is 0.0697. The minimum absolute atomic E-state index is 0.129. The number of carbonyl (C=O) groups is 2. The molecule has 20 heavy (non-hydrogen) atoms. The Bertz CT molecular complexity index is 628. The molecule has 0 aliphatic heterocycles. The molecule has 0 saturated heterocycles. The van der Waals surface area contributed by atoms with Gasteiger partial charge in [0.05, 0.1) is 24.0 Å². The molecule has 8 heteroatoms. The number of aromatic nitrogens is 1. The summed E-state index contributed by atoms with van der Waals surface area (Å²) in [6.07, 6.45) is 1.48. The number of carboxylic acids is 1. The Kier molecular flexibility index (Phi) is 4.36. The number of rotatable bonds is 4. The highest BCUT2D eigenvalue weighted by molar-refractivity contribution is 9.10. The van der Waals surface area contributed by atoms with Crippen LogP contribution in [0.25, 0.3) is 0 Å². The van der Waals surface area contributed by atoms with E-state index in [9.17, 15) is 9.59 Å². The number of urea groups is 1. The van der Waals surface area contributed by atoms with Gasteiger partial charge in [-0.25, -0.2) is 9.59 Å². The SMILES string of the molecule is O=C(NCc1ccno1)Nc1ccc(C(=O)O)cc1Br. The molecule has 1 heterocycles. The monoisotopic (exact) mass is 339 g/mol. The van der Waals surface area contributed by atoms with Crippen LogP contribution in [0.2, 0.25) is 0 Å². The molecule has 0 aliphatic rings. The highest BCUT2D eigenvalue weighted by atomic mass is 79.9. The topological polar surface area (TPSA) is 104 Å². The first-order valence-corrected chi connectivity index (χ1v) is 6.33. The molecule has 1 aromatic carbocycles. The summed E-state index contributed by atoms with van der Waals surface area (Å²) in [6.45, 7) is 0.205. The third-order valence-corrected chi connectivity index (χ3v) is 3.03. The number of benzene rings is 1. The largest absolute Gasteiger partial charge is 0.478 e. The molecule has 0 saturated carbocycles. The molecular formula is C12H10BrN3O4. The van der Waals surface area contributed by atoms with Crippen molar-refractivity contribution in [2.75, 3.05) is 5.32 Å². The van der Waals surface area contributed by atoms with Gasteiger partial charge in [0.15, 0.2) is 5.76 Å². The van der Waals surface area contributed by atoms with E-state index in [1.807, 2.05) is 0 Å². The van der Waals surface area contributed by atoms with Crippen molar-refractivity contribution in [1.29, 1.82) is 0 Å². The Morgan fingerprint density at radius 1 is 1.35 bits per heavy atom. The van der Waals surface area contributed by atoms with E-state index in [0.29, 0.717) is 15.9 Å². The summed E-state index contributed by atoms with van der Waals surface area (Å²) in [4.78, 5) is 22.4. The van der Waals surface area contributed by atoms with Crippen LogP contribution in [0.1, 0.15) is 16.1 Å². The van der Waals surface area contributed by atoms with Crippen molar-refractivity contribution in [2.45, 2.75) is 6.54 Å². The highest BCUT2D eigenvalue weighted by Gasteiger charge is 2.09. The molecule has 0 unspecified atom stereocenters. The quantitative estimate of drug-likeness (QED) is 0.793. The number of amides is 2. The number of hydrogen-bond acceptors (Lipinski definition) is 4. The fraction of sp³-hybridized carbons (Fsp3) is 0.0833. The normalized spacial score (nSPS) is 10.1. The molecule has 2 aromatic rings. The van der Waals surface area contributed by atoms with E-state index in [0.717, 1.165) is 0 Å². The van der Waals surface area contributed by atoms with Crippen molar-refractivity contribution in [1.82, 2.24) is 10.5 Å². The van der Waals surface area contributed by atoms with Crippen LogP contribution in [-0.2, 0) is 6.54 Å². The van der Waals surface area contributed by atoms with Gasteiger partial charge in [0.1, 0.15) is 0 Å². The number of carbonyl (C=O) groups excluding carboxylic acids is 1. The second-order valence-electron chi connectivity index (χ2n) is 3.79. The van der Waals surface area contributed by atoms with Crippen LogP contribution in [0.15, 0.2) is 39.5 Å². The molecule has 1 aromatic heterocycles. The van der Waals surface area contributed by atoms with Gasteiger partial charge >= 0.3 is 12.0 Å². The maximum absolute atomic E-state index is 11.7. The van der Waals surface area contributed by atoms with Gasteiger partial charge in [-0.05, 0) is 34.1 Å². The number of anilines is 1. The van der Waals surface area contributed by atoms with Crippen LogP contribution in [0.3, 0.4) is 0 Å². The number of nitrogens with one attached hydrogen (secondary N) is 2. The van der Waals surface area contributed by atoms with E-state index in [2.05, 4.69) is 31.7 Å². The van der Waals surface area contributed by atoms with Gasteiger partial charge < -0.3 is 20.3 Å². The Labute approximate surface area is 122 Å². The molecule has 0 spiro atoms. The second kappa shape index (κ2) is 6.20. The van der Waals surface area contributed by atoms with E-state index in [4.69, 9.17) is 9.63 Å². The van der Waals surface area contributed by atoms with Crippen molar-refractivity contribution in [2.24, 2.45) is 0 Å². The first-order valence-electron chi connectivity index (χ1n) is 5.53. The van der Waals surface area contributed by atoms with Crippen LogP contribution in [0.4, 0.5) is 10.5 Å². The summed E-state index contributed by atoms with van der Waals surface area (Å²) < 4.78 is 5.31. The highest BCUT2D eigenvalue weighted by Crippen LogP contribution is 2.23. The van der Waals surface area contributed by atoms with Crippen molar-refractivity contribution in [3.63, 3.8) is 0 Å². The number of hydrogen-bond donors (Lipinski definition) is 3. The molecule has 0 fully saturated rings. The van der Waals surface area contributed by atoms with E-state index in [-0.39, 0.29) is 12.1 Å². The summed E-state index contributed by atoms with van der Waals surface area (Å²) in [5.41, 5.74) is 0.592. The van der Waals surface area contributed by atoms with Crippen LogP contribution in [0.5, 0.6) is 0 Å². The molecule has 0 aliphatic carbocycles. The standard InChI is InChI=1S/C12H10BrN3O4/c13-9-5-7(11(17)18)1-2-10(9)16-12(19)14-6-8-3-4-15-20-8/h1-5H,6H2,(H,17,18)(H2,14,16,19). The molecule has 2 amide bonds. The summed E-state index contributed by atoms with van der Waals surface area (Å²) in [7, 11) is 0. The summed E-state index contributed by atoms with van der Waals surface area (Å²) in [6, 6.07) is 5.51. The minimum Gasteiger partial charge on any atom is -0.478 e. The molecule has 3 N–H and O–H groups in total. The number of nitrogens with zero attached hydrogens (tertiary/aromatic N) is 1. The van der Waals surface area contributed by atoms with Gasteiger partial charge in [-0.2, -0.15) is 0 Å². The average Bonchev–Trinajstić information content (AvgIpc) is 2.91. The predicted octanol–water partition coefficient (Wildman–Crippen LogP) is 2.46. The Morgan fingerprint density at radius 2 is 2.15 bits per heavy atom. The molecular weight excluding hydrogens is 330 g/mol. The van der Waals surface area contributed by atoms with E-state index in [1.54, 1.807) is 6.07 Å². The lowest BCUT2D eigenvalue weighted by atomic mass is 10.2. The van der Waals surface area contributed by atoms with Gasteiger partial charge in [0, 0.05) is 10.5 Å². The molecule has 0 atom stereocenters. The first-order chi connectivity index (χ1) is 9.56. The van der Waals surface area contributed by atoms with Crippen molar-refractivity contribution in [3.05, 3.63) is 46.3 Å². The number of aromatic carboxylic acids is 1. The van der Waals surface area contributed by atoms with Crippen molar-refractivity contribution in [3.8, 4) is 0 Å². The maximum Gasteiger partial charge on any atom is 0.335 e. The fourth-order valence-electron chi connectivity index (χ4n) is 1.42. The van der Waals surface area contributed by atoms with Gasteiger partial charge in [-0.1, -0.05) is 5.16 Å². The molecule has 2 rings (SSSR count).